The monoisotopic (exact) mass is 486 g/mol. The van der Waals surface area contributed by atoms with Gasteiger partial charge in [-0.2, -0.15) is 0 Å². The fourth-order valence-electron chi connectivity index (χ4n) is 5.11. The zero-order valence-electron chi connectivity index (χ0n) is 19.7. The van der Waals surface area contributed by atoms with Crippen LogP contribution in [0, 0.1) is 19.7 Å². The van der Waals surface area contributed by atoms with Gasteiger partial charge in [-0.05, 0) is 60.7 Å². The van der Waals surface area contributed by atoms with Crippen LogP contribution in [-0.2, 0) is 14.1 Å². The van der Waals surface area contributed by atoms with E-state index >= 15 is 4.39 Å². The van der Waals surface area contributed by atoms with Crippen LogP contribution in [0.5, 0.6) is 0 Å². The van der Waals surface area contributed by atoms with Crippen LogP contribution < -0.4 is 16.6 Å². The highest BCUT2D eigenvalue weighted by Crippen LogP contribution is 2.47. The number of aromatic nitrogens is 3. The minimum Gasteiger partial charge on any atom is -0.370 e. The first-order valence-corrected chi connectivity index (χ1v) is 12.2. The standard InChI is InChI=1S/C27H23FN4O2S/c1-14-12-18-19(13-15(14)2)32-23(16-8-5-6-9-17(16)28)21-24(30(3)27(34)31(4)26(21)33)25(32)22(29-18)20-10-7-11-35-20/h5-13,22,29H,1-4H3/t22-/m1/s1. The molecule has 1 aliphatic heterocycles. The number of fused-ring (bicyclic) bond motifs is 5. The molecule has 0 amide bonds. The molecule has 6 nitrogen and oxygen atoms in total. The van der Waals surface area contributed by atoms with Gasteiger partial charge in [0.15, 0.2) is 0 Å². The summed E-state index contributed by atoms with van der Waals surface area (Å²) in [6.45, 7) is 4.08. The molecule has 0 fully saturated rings. The maximum Gasteiger partial charge on any atom is 0.331 e. The summed E-state index contributed by atoms with van der Waals surface area (Å²) in [7, 11) is 3.12. The van der Waals surface area contributed by atoms with Gasteiger partial charge in [0.1, 0.15) is 11.9 Å². The summed E-state index contributed by atoms with van der Waals surface area (Å²) in [5.41, 5.74) is 5.05. The number of benzene rings is 2. The molecule has 4 heterocycles. The molecule has 1 aliphatic rings. The number of thiophene rings is 1. The number of aryl methyl sites for hydroxylation is 3. The van der Waals surface area contributed by atoms with Gasteiger partial charge in [0.25, 0.3) is 5.56 Å². The molecule has 6 rings (SSSR count). The van der Waals surface area contributed by atoms with Gasteiger partial charge in [0.2, 0.25) is 0 Å². The first-order valence-electron chi connectivity index (χ1n) is 11.3. The Morgan fingerprint density at radius 3 is 2.43 bits per heavy atom. The second kappa shape index (κ2) is 7.55. The van der Waals surface area contributed by atoms with Crippen LogP contribution in [0.25, 0.3) is 27.8 Å². The summed E-state index contributed by atoms with van der Waals surface area (Å²) in [4.78, 5) is 27.7. The molecule has 1 N–H and O–H groups in total. The molecule has 8 heteroatoms. The van der Waals surface area contributed by atoms with Crippen LogP contribution in [0.4, 0.5) is 10.1 Å². The van der Waals surface area contributed by atoms with Gasteiger partial charge >= 0.3 is 5.69 Å². The second-order valence-corrected chi connectivity index (χ2v) is 10.0. The van der Waals surface area contributed by atoms with Crippen LogP contribution in [0.1, 0.15) is 27.7 Å². The van der Waals surface area contributed by atoms with Crippen molar-refractivity contribution < 1.29 is 4.39 Å². The second-order valence-electron chi connectivity index (χ2n) is 9.02. The van der Waals surface area contributed by atoms with Gasteiger partial charge in [-0.3, -0.25) is 13.9 Å². The summed E-state index contributed by atoms with van der Waals surface area (Å²) in [5.74, 6) is -0.429. The minimum absolute atomic E-state index is 0.315. The Bertz CT molecular complexity index is 1780. The van der Waals surface area contributed by atoms with E-state index in [1.165, 1.54) is 17.7 Å². The van der Waals surface area contributed by atoms with E-state index < -0.39 is 17.1 Å². The van der Waals surface area contributed by atoms with Crippen molar-refractivity contribution in [2.45, 2.75) is 19.9 Å². The van der Waals surface area contributed by atoms with Crippen LogP contribution in [-0.4, -0.2) is 13.7 Å². The normalized spacial score (nSPS) is 14.6. The molecule has 0 aliphatic carbocycles. The molecule has 2 aromatic carbocycles. The number of anilines is 1. The summed E-state index contributed by atoms with van der Waals surface area (Å²) in [6.07, 6.45) is 0. The lowest BCUT2D eigenvalue weighted by atomic mass is 10.0. The van der Waals surface area contributed by atoms with E-state index in [4.69, 9.17) is 0 Å². The van der Waals surface area contributed by atoms with Crippen LogP contribution in [0.3, 0.4) is 0 Å². The van der Waals surface area contributed by atoms with E-state index in [2.05, 4.69) is 24.4 Å². The smallest absolute Gasteiger partial charge is 0.331 e. The number of nitrogens with one attached hydrogen (secondary N) is 1. The molecule has 1 atom stereocenters. The van der Waals surface area contributed by atoms with Gasteiger partial charge < -0.3 is 9.88 Å². The molecule has 0 radical (unpaired) electrons. The number of nitrogens with zero attached hydrogens (tertiary/aromatic N) is 3. The van der Waals surface area contributed by atoms with Crippen LogP contribution in [0.15, 0.2) is 63.5 Å². The zero-order valence-corrected chi connectivity index (χ0v) is 20.5. The highest BCUT2D eigenvalue weighted by atomic mass is 32.1. The zero-order chi connectivity index (χ0) is 24.6. The fourth-order valence-corrected chi connectivity index (χ4v) is 5.88. The van der Waals surface area contributed by atoms with E-state index in [9.17, 15) is 9.59 Å². The van der Waals surface area contributed by atoms with Gasteiger partial charge in [-0.25, -0.2) is 9.18 Å². The third-order valence-electron chi connectivity index (χ3n) is 6.99. The van der Waals surface area contributed by atoms with Crippen molar-refractivity contribution in [1.82, 2.24) is 13.7 Å². The number of hydrogen-bond donors (Lipinski definition) is 1. The average molecular weight is 487 g/mol. The van der Waals surface area contributed by atoms with Crippen LogP contribution in [0.2, 0.25) is 0 Å². The summed E-state index contributed by atoms with van der Waals surface area (Å²) < 4.78 is 19.9. The Kier molecular flexibility index (Phi) is 4.66. The van der Waals surface area contributed by atoms with Gasteiger partial charge in [-0.1, -0.05) is 18.2 Å². The third-order valence-corrected chi connectivity index (χ3v) is 7.93. The summed E-state index contributed by atoms with van der Waals surface area (Å²) >= 11 is 1.59. The minimum atomic E-state index is -0.446. The highest BCUT2D eigenvalue weighted by molar-refractivity contribution is 7.10. The fraction of sp³-hybridized carbons (Fsp3) is 0.185. The molecule has 35 heavy (non-hydrogen) atoms. The molecule has 0 unspecified atom stereocenters. The Hall–Kier alpha value is -3.91. The number of hydrogen-bond acceptors (Lipinski definition) is 4. The molecule has 0 saturated carbocycles. The Morgan fingerprint density at radius 2 is 1.71 bits per heavy atom. The maximum absolute atomic E-state index is 15.3. The van der Waals surface area contributed by atoms with E-state index in [1.54, 1.807) is 36.6 Å². The van der Waals surface area contributed by atoms with Crippen LogP contribution >= 0.6 is 11.3 Å². The van der Waals surface area contributed by atoms with Crippen molar-refractivity contribution in [3.05, 3.63) is 102 Å². The Morgan fingerprint density at radius 1 is 0.971 bits per heavy atom. The topological polar surface area (TPSA) is 61.0 Å². The molecule has 5 aromatic rings. The van der Waals surface area contributed by atoms with Crippen molar-refractivity contribution in [3.8, 4) is 16.9 Å². The van der Waals surface area contributed by atoms with Crippen molar-refractivity contribution in [2.24, 2.45) is 14.1 Å². The predicted molar refractivity (Wildman–Crippen MR) is 138 cm³/mol. The quantitative estimate of drug-likeness (QED) is 0.381. The van der Waals surface area contributed by atoms with Gasteiger partial charge in [-0.15, -0.1) is 11.3 Å². The van der Waals surface area contributed by atoms with E-state index in [-0.39, 0.29) is 6.04 Å². The van der Waals surface area contributed by atoms with Gasteiger partial charge in [0.05, 0.1) is 33.7 Å². The molecule has 0 bridgehead atoms. The molecule has 0 spiro atoms. The SMILES string of the molecule is Cc1cc2c(cc1C)-n1c(-c3ccccc3F)c3c(=O)n(C)c(=O)n(C)c3c1[C@@H](c1cccs1)N2. The van der Waals surface area contributed by atoms with Crippen molar-refractivity contribution in [2.75, 3.05) is 5.32 Å². The molecule has 176 valence electrons. The van der Waals surface area contributed by atoms with E-state index in [0.717, 1.165) is 37.6 Å². The molecule has 3 aromatic heterocycles. The summed E-state index contributed by atoms with van der Waals surface area (Å²) in [6, 6.07) is 14.3. The van der Waals surface area contributed by atoms with Gasteiger partial charge in [0, 0.05) is 24.5 Å². The lowest BCUT2D eigenvalue weighted by Gasteiger charge is -2.31. The van der Waals surface area contributed by atoms with Crippen molar-refractivity contribution in [1.29, 1.82) is 0 Å². The predicted octanol–water partition coefficient (Wildman–Crippen LogP) is 5.03. The largest absolute Gasteiger partial charge is 0.370 e. The first kappa shape index (κ1) is 21.6. The lowest BCUT2D eigenvalue weighted by Crippen LogP contribution is -2.37. The van der Waals surface area contributed by atoms with Crippen molar-refractivity contribution in [3.63, 3.8) is 0 Å². The number of halogens is 1. The molecular weight excluding hydrogens is 463 g/mol. The lowest BCUT2D eigenvalue weighted by molar-refractivity contribution is 0.630. The Labute approximate surface area is 204 Å². The molecular formula is C27H23FN4O2S. The van der Waals surface area contributed by atoms with E-state index in [1.807, 2.05) is 29.0 Å². The Balaban J connectivity index is 1.92. The van der Waals surface area contributed by atoms with Crippen molar-refractivity contribution >= 4 is 27.9 Å². The number of rotatable bonds is 2. The summed E-state index contributed by atoms with van der Waals surface area (Å²) in [5, 5.41) is 5.97. The first-order chi connectivity index (χ1) is 16.8. The molecule has 0 saturated heterocycles. The average Bonchev–Trinajstić information content (AvgIpc) is 3.49. The highest BCUT2D eigenvalue weighted by Gasteiger charge is 2.36. The maximum atomic E-state index is 15.3. The van der Waals surface area contributed by atoms with E-state index in [0.29, 0.717) is 22.2 Å². The third kappa shape index (κ3) is 2.93.